The minimum atomic E-state index is -0.413. The van der Waals surface area contributed by atoms with Gasteiger partial charge in [0.25, 0.3) is 0 Å². The Balaban J connectivity index is 2.24. The lowest BCUT2D eigenvalue weighted by atomic mass is 10.2. The summed E-state index contributed by atoms with van der Waals surface area (Å²) in [6.45, 7) is 5.39. The van der Waals surface area contributed by atoms with Crippen LogP contribution in [0.2, 0.25) is 0 Å². The molecule has 0 aliphatic carbocycles. The van der Waals surface area contributed by atoms with Crippen molar-refractivity contribution in [1.82, 2.24) is 10.6 Å². The molecule has 0 spiro atoms. The molecule has 100 valence electrons. The van der Waals surface area contributed by atoms with Crippen LogP contribution in [0.1, 0.15) is 19.4 Å². The summed E-state index contributed by atoms with van der Waals surface area (Å²) in [5, 5.41) is 18.1. The Morgan fingerprint density at radius 3 is 2.83 bits per heavy atom. The predicted molar refractivity (Wildman–Crippen MR) is 70.5 cm³/mol. The van der Waals surface area contributed by atoms with Crippen molar-refractivity contribution in [2.75, 3.05) is 13.1 Å². The molecule has 0 aliphatic rings. The number of nitro groups is 1. The van der Waals surface area contributed by atoms with Gasteiger partial charge in [-0.1, -0.05) is 25.2 Å². The van der Waals surface area contributed by atoms with Crippen LogP contribution in [0, 0.1) is 16.0 Å². The monoisotopic (exact) mass is 271 g/mol. The van der Waals surface area contributed by atoms with Crippen LogP contribution in [0.15, 0.2) is 11.4 Å². The first kappa shape index (κ1) is 14.6. The van der Waals surface area contributed by atoms with Gasteiger partial charge in [-0.05, 0) is 11.5 Å². The van der Waals surface area contributed by atoms with Gasteiger partial charge < -0.3 is 10.6 Å². The molecular weight excluding hydrogens is 254 g/mol. The summed E-state index contributed by atoms with van der Waals surface area (Å²) in [6.07, 6.45) is 0. The maximum absolute atomic E-state index is 11.4. The normalized spacial score (nSPS) is 10.6. The topological polar surface area (TPSA) is 84.3 Å². The van der Waals surface area contributed by atoms with Gasteiger partial charge in [-0.2, -0.15) is 0 Å². The molecule has 1 amide bonds. The molecule has 1 aromatic heterocycles. The lowest BCUT2D eigenvalue weighted by Crippen LogP contribution is -2.35. The van der Waals surface area contributed by atoms with Crippen molar-refractivity contribution >= 4 is 22.2 Å². The fourth-order valence-electron chi connectivity index (χ4n) is 1.25. The van der Waals surface area contributed by atoms with Crippen LogP contribution in [0.4, 0.5) is 5.00 Å². The van der Waals surface area contributed by atoms with Crippen LogP contribution in [0.25, 0.3) is 0 Å². The Morgan fingerprint density at radius 2 is 2.28 bits per heavy atom. The van der Waals surface area contributed by atoms with Gasteiger partial charge in [0, 0.05) is 24.5 Å². The molecule has 0 unspecified atom stereocenters. The minimum absolute atomic E-state index is 0.0616. The average molecular weight is 271 g/mol. The van der Waals surface area contributed by atoms with E-state index in [-0.39, 0.29) is 17.5 Å². The number of hydrogen-bond donors (Lipinski definition) is 2. The van der Waals surface area contributed by atoms with E-state index in [1.165, 1.54) is 6.07 Å². The van der Waals surface area contributed by atoms with Crippen molar-refractivity contribution < 1.29 is 9.72 Å². The van der Waals surface area contributed by atoms with E-state index in [9.17, 15) is 14.9 Å². The van der Waals surface area contributed by atoms with Crippen molar-refractivity contribution in [2.24, 2.45) is 5.92 Å². The highest BCUT2D eigenvalue weighted by atomic mass is 32.1. The molecule has 1 aromatic rings. The van der Waals surface area contributed by atoms with E-state index in [1.807, 2.05) is 13.8 Å². The van der Waals surface area contributed by atoms with Crippen LogP contribution >= 0.6 is 11.3 Å². The molecule has 0 radical (unpaired) electrons. The number of carbonyl (C=O) groups excluding carboxylic acids is 1. The number of hydrogen-bond acceptors (Lipinski definition) is 5. The third-order valence-corrected chi connectivity index (χ3v) is 3.07. The van der Waals surface area contributed by atoms with E-state index in [2.05, 4.69) is 10.6 Å². The van der Waals surface area contributed by atoms with Gasteiger partial charge in [0.1, 0.15) is 0 Å². The molecule has 0 aliphatic heterocycles. The summed E-state index contributed by atoms with van der Waals surface area (Å²) in [5.74, 6) is 0.363. The minimum Gasteiger partial charge on any atom is -0.355 e. The third kappa shape index (κ3) is 5.24. The zero-order valence-corrected chi connectivity index (χ0v) is 11.3. The third-order valence-electron chi connectivity index (χ3n) is 2.14. The van der Waals surface area contributed by atoms with Crippen molar-refractivity contribution in [2.45, 2.75) is 20.4 Å². The molecule has 0 saturated carbocycles. The number of carbonyl (C=O) groups is 1. The summed E-state index contributed by atoms with van der Waals surface area (Å²) < 4.78 is 0. The molecular formula is C11H17N3O3S. The molecule has 7 heteroatoms. The maximum Gasteiger partial charge on any atom is 0.324 e. The van der Waals surface area contributed by atoms with Gasteiger partial charge in [-0.15, -0.1) is 0 Å². The van der Waals surface area contributed by atoms with E-state index in [1.54, 1.807) is 5.38 Å². The first-order valence-corrected chi connectivity index (χ1v) is 6.56. The smallest absolute Gasteiger partial charge is 0.324 e. The quantitative estimate of drug-likeness (QED) is 0.581. The molecule has 0 fully saturated rings. The zero-order valence-electron chi connectivity index (χ0n) is 10.4. The highest BCUT2D eigenvalue weighted by Crippen LogP contribution is 2.22. The molecule has 2 N–H and O–H groups in total. The number of rotatable bonds is 7. The van der Waals surface area contributed by atoms with Gasteiger partial charge >= 0.3 is 5.00 Å². The second-order valence-corrected chi connectivity index (χ2v) is 5.24. The first-order valence-electron chi connectivity index (χ1n) is 5.68. The Labute approximate surface area is 110 Å². The molecule has 1 heterocycles. The molecule has 18 heavy (non-hydrogen) atoms. The van der Waals surface area contributed by atoms with Gasteiger partial charge in [-0.25, -0.2) is 0 Å². The molecule has 0 aromatic carbocycles. The summed E-state index contributed by atoms with van der Waals surface area (Å²) in [5.41, 5.74) is 0.823. The molecule has 0 bridgehead atoms. The van der Waals surface area contributed by atoms with Gasteiger partial charge in [-0.3, -0.25) is 14.9 Å². The fourth-order valence-corrected chi connectivity index (χ4v) is 1.98. The van der Waals surface area contributed by atoms with Crippen LogP contribution in [-0.2, 0) is 11.3 Å². The molecule has 0 saturated heterocycles. The Kier molecular flexibility index (Phi) is 5.73. The highest BCUT2D eigenvalue weighted by molar-refractivity contribution is 7.13. The summed E-state index contributed by atoms with van der Waals surface area (Å²) in [7, 11) is 0. The number of thiophene rings is 1. The van der Waals surface area contributed by atoms with E-state index < -0.39 is 4.92 Å². The van der Waals surface area contributed by atoms with Crippen LogP contribution in [0.5, 0.6) is 0 Å². The standard InChI is InChI=1S/C11H17N3O3S/c1-8(2)4-13-10(15)6-12-5-9-3-11(14(16)17)18-7-9/h3,7-8,12H,4-6H2,1-2H3,(H,13,15). The Hall–Kier alpha value is -1.47. The molecule has 0 atom stereocenters. The lowest BCUT2D eigenvalue weighted by Gasteiger charge is -2.07. The highest BCUT2D eigenvalue weighted by Gasteiger charge is 2.09. The van der Waals surface area contributed by atoms with Crippen molar-refractivity contribution in [3.8, 4) is 0 Å². The summed E-state index contributed by atoms with van der Waals surface area (Å²) in [6, 6.07) is 1.52. The molecule has 6 nitrogen and oxygen atoms in total. The Bertz CT molecular complexity index is 417. The Morgan fingerprint density at radius 1 is 1.56 bits per heavy atom. The van der Waals surface area contributed by atoms with Crippen molar-refractivity contribution in [3.05, 3.63) is 27.1 Å². The van der Waals surface area contributed by atoms with Crippen LogP contribution < -0.4 is 10.6 Å². The average Bonchev–Trinajstić information content (AvgIpc) is 2.75. The van der Waals surface area contributed by atoms with Gasteiger partial charge in [0.05, 0.1) is 11.5 Å². The van der Waals surface area contributed by atoms with Crippen LogP contribution in [0.3, 0.4) is 0 Å². The SMILES string of the molecule is CC(C)CNC(=O)CNCc1csc([N+](=O)[O-])c1. The number of nitrogens with zero attached hydrogens (tertiary/aromatic N) is 1. The fraction of sp³-hybridized carbons (Fsp3) is 0.545. The second kappa shape index (κ2) is 7.07. The van der Waals surface area contributed by atoms with E-state index in [0.717, 1.165) is 16.9 Å². The predicted octanol–water partition coefficient (Wildman–Crippen LogP) is 1.52. The van der Waals surface area contributed by atoms with Gasteiger partial charge in [0.2, 0.25) is 5.91 Å². The van der Waals surface area contributed by atoms with Crippen molar-refractivity contribution in [3.63, 3.8) is 0 Å². The summed E-state index contributed by atoms with van der Waals surface area (Å²) in [4.78, 5) is 21.4. The van der Waals surface area contributed by atoms with E-state index >= 15 is 0 Å². The number of nitrogens with one attached hydrogen (secondary N) is 2. The van der Waals surface area contributed by atoms with E-state index in [0.29, 0.717) is 19.0 Å². The lowest BCUT2D eigenvalue weighted by molar-refractivity contribution is -0.380. The molecule has 1 rings (SSSR count). The summed E-state index contributed by atoms with van der Waals surface area (Å²) >= 11 is 1.09. The van der Waals surface area contributed by atoms with Crippen molar-refractivity contribution in [1.29, 1.82) is 0 Å². The maximum atomic E-state index is 11.4. The first-order chi connectivity index (χ1) is 8.49. The largest absolute Gasteiger partial charge is 0.355 e. The van der Waals surface area contributed by atoms with E-state index in [4.69, 9.17) is 0 Å². The second-order valence-electron chi connectivity index (χ2n) is 4.35. The number of amides is 1. The van der Waals surface area contributed by atoms with Gasteiger partial charge in [0.15, 0.2) is 0 Å². The van der Waals surface area contributed by atoms with Crippen LogP contribution in [-0.4, -0.2) is 23.9 Å². The zero-order chi connectivity index (χ0) is 13.5.